The summed E-state index contributed by atoms with van der Waals surface area (Å²) in [5, 5.41) is 5.43. The van der Waals surface area contributed by atoms with Gasteiger partial charge in [-0.25, -0.2) is 14.8 Å². The molecule has 2 rings (SSSR count). The number of aryl methyl sites for hydroxylation is 1. The molecule has 0 fully saturated rings. The van der Waals surface area contributed by atoms with Crippen LogP contribution in [0.4, 0.5) is 23.7 Å². The predicted molar refractivity (Wildman–Crippen MR) is 83.9 cm³/mol. The SMILES string of the molecule is Cc1cc(C(F)(F)F)nc(CCNC(=O)Nc2ccccc2Cl)n1. The second-order valence-corrected chi connectivity index (χ2v) is 5.33. The van der Waals surface area contributed by atoms with Gasteiger partial charge in [0.2, 0.25) is 0 Å². The van der Waals surface area contributed by atoms with Crippen molar-refractivity contribution in [2.45, 2.75) is 19.5 Å². The molecule has 0 aliphatic heterocycles. The molecule has 5 nitrogen and oxygen atoms in total. The Labute approximate surface area is 141 Å². The average Bonchev–Trinajstić information content (AvgIpc) is 2.48. The van der Waals surface area contributed by atoms with Gasteiger partial charge in [0.05, 0.1) is 10.7 Å². The number of amides is 2. The lowest BCUT2D eigenvalue weighted by Crippen LogP contribution is -2.31. The highest BCUT2D eigenvalue weighted by molar-refractivity contribution is 6.33. The van der Waals surface area contributed by atoms with Gasteiger partial charge in [0.25, 0.3) is 0 Å². The Balaban J connectivity index is 1.91. The fourth-order valence-corrected chi connectivity index (χ4v) is 2.09. The number of alkyl halides is 3. The molecule has 128 valence electrons. The maximum atomic E-state index is 12.7. The van der Waals surface area contributed by atoms with E-state index >= 15 is 0 Å². The molecule has 0 aliphatic carbocycles. The second kappa shape index (κ2) is 7.48. The minimum Gasteiger partial charge on any atom is -0.337 e. The molecular weight excluding hydrogens is 345 g/mol. The number of nitrogens with zero attached hydrogens (tertiary/aromatic N) is 2. The first kappa shape index (κ1) is 18.0. The van der Waals surface area contributed by atoms with Crippen molar-refractivity contribution in [3.63, 3.8) is 0 Å². The van der Waals surface area contributed by atoms with Crippen LogP contribution in [0.2, 0.25) is 5.02 Å². The monoisotopic (exact) mass is 358 g/mol. The highest BCUT2D eigenvalue weighted by Crippen LogP contribution is 2.27. The lowest BCUT2D eigenvalue weighted by atomic mass is 10.3. The van der Waals surface area contributed by atoms with E-state index in [1.807, 2.05) is 0 Å². The molecule has 0 saturated carbocycles. The average molecular weight is 359 g/mol. The van der Waals surface area contributed by atoms with Crippen LogP contribution in [0.15, 0.2) is 30.3 Å². The number of para-hydroxylation sites is 1. The van der Waals surface area contributed by atoms with E-state index in [1.165, 1.54) is 6.92 Å². The largest absolute Gasteiger partial charge is 0.433 e. The molecule has 9 heteroatoms. The highest BCUT2D eigenvalue weighted by atomic mass is 35.5. The number of nitrogens with one attached hydrogen (secondary N) is 2. The summed E-state index contributed by atoms with van der Waals surface area (Å²) >= 11 is 5.91. The van der Waals surface area contributed by atoms with E-state index in [2.05, 4.69) is 20.6 Å². The normalized spacial score (nSPS) is 11.2. The van der Waals surface area contributed by atoms with Crippen LogP contribution in [0.1, 0.15) is 17.2 Å². The number of carbonyl (C=O) groups excluding carboxylic acids is 1. The van der Waals surface area contributed by atoms with Crippen molar-refractivity contribution < 1.29 is 18.0 Å². The Kier molecular flexibility index (Phi) is 5.61. The summed E-state index contributed by atoms with van der Waals surface area (Å²) in [6.45, 7) is 1.54. The Morgan fingerprint density at radius 2 is 1.96 bits per heavy atom. The van der Waals surface area contributed by atoms with E-state index in [9.17, 15) is 18.0 Å². The fraction of sp³-hybridized carbons (Fsp3) is 0.267. The number of urea groups is 1. The van der Waals surface area contributed by atoms with Crippen molar-refractivity contribution in [1.29, 1.82) is 0 Å². The minimum absolute atomic E-state index is 0.0142. The van der Waals surface area contributed by atoms with Gasteiger partial charge in [0.1, 0.15) is 11.5 Å². The van der Waals surface area contributed by atoms with Crippen LogP contribution in [0.3, 0.4) is 0 Å². The van der Waals surface area contributed by atoms with Crippen molar-refractivity contribution in [2.24, 2.45) is 0 Å². The smallest absolute Gasteiger partial charge is 0.337 e. The molecule has 2 N–H and O–H groups in total. The van der Waals surface area contributed by atoms with Gasteiger partial charge in [-0.2, -0.15) is 13.2 Å². The van der Waals surface area contributed by atoms with Gasteiger partial charge in [-0.15, -0.1) is 0 Å². The van der Waals surface area contributed by atoms with Gasteiger partial charge < -0.3 is 10.6 Å². The number of aromatic nitrogens is 2. The first-order valence-corrected chi connectivity index (χ1v) is 7.34. The second-order valence-electron chi connectivity index (χ2n) is 4.92. The molecule has 2 aromatic rings. The van der Waals surface area contributed by atoms with E-state index in [4.69, 9.17) is 11.6 Å². The zero-order chi connectivity index (χ0) is 17.7. The summed E-state index contributed by atoms with van der Waals surface area (Å²) in [5.41, 5.74) is -0.346. The molecule has 24 heavy (non-hydrogen) atoms. The van der Waals surface area contributed by atoms with Gasteiger partial charge in [-0.1, -0.05) is 23.7 Å². The molecule has 2 amide bonds. The zero-order valence-electron chi connectivity index (χ0n) is 12.6. The lowest BCUT2D eigenvalue weighted by Gasteiger charge is -2.10. The lowest BCUT2D eigenvalue weighted by molar-refractivity contribution is -0.141. The maximum Gasteiger partial charge on any atom is 0.433 e. The summed E-state index contributed by atoms with van der Waals surface area (Å²) in [7, 11) is 0. The summed E-state index contributed by atoms with van der Waals surface area (Å²) < 4.78 is 38.1. The number of halogens is 4. The van der Waals surface area contributed by atoms with Crippen LogP contribution in [-0.4, -0.2) is 22.5 Å². The Hall–Kier alpha value is -2.35. The summed E-state index contributed by atoms with van der Waals surface area (Å²) in [6.07, 6.45) is -4.46. The number of anilines is 1. The van der Waals surface area contributed by atoms with Gasteiger partial charge in [0, 0.05) is 18.7 Å². The van der Waals surface area contributed by atoms with Gasteiger partial charge in [-0.3, -0.25) is 0 Å². The molecule has 1 aromatic carbocycles. The van der Waals surface area contributed by atoms with E-state index in [0.717, 1.165) is 6.07 Å². The van der Waals surface area contributed by atoms with Gasteiger partial charge >= 0.3 is 12.2 Å². The summed E-state index contributed by atoms with van der Waals surface area (Å²) in [6, 6.07) is 7.03. The Bertz CT molecular complexity index is 737. The molecule has 0 radical (unpaired) electrons. The van der Waals surface area contributed by atoms with Crippen molar-refractivity contribution in [3.05, 3.63) is 52.6 Å². The highest BCUT2D eigenvalue weighted by Gasteiger charge is 2.33. The molecule has 0 aliphatic rings. The van der Waals surface area contributed by atoms with E-state index in [0.29, 0.717) is 10.7 Å². The van der Waals surface area contributed by atoms with Crippen LogP contribution in [-0.2, 0) is 12.6 Å². The third kappa shape index (κ3) is 5.09. The van der Waals surface area contributed by atoms with Crippen molar-refractivity contribution in [2.75, 3.05) is 11.9 Å². The topological polar surface area (TPSA) is 66.9 Å². The van der Waals surface area contributed by atoms with E-state index in [1.54, 1.807) is 24.3 Å². The Morgan fingerprint density at radius 1 is 1.25 bits per heavy atom. The zero-order valence-corrected chi connectivity index (χ0v) is 13.4. The quantitative estimate of drug-likeness (QED) is 0.873. The minimum atomic E-state index is -4.53. The third-order valence-electron chi connectivity index (χ3n) is 2.95. The number of benzene rings is 1. The van der Waals surface area contributed by atoms with E-state index < -0.39 is 17.9 Å². The number of rotatable bonds is 4. The first-order valence-electron chi connectivity index (χ1n) is 6.97. The van der Waals surface area contributed by atoms with Crippen LogP contribution < -0.4 is 10.6 Å². The fourth-order valence-electron chi connectivity index (χ4n) is 1.90. The van der Waals surface area contributed by atoms with Gasteiger partial charge in [-0.05, 0) is 25.1 Å². The predicted octanol–water partition coefficient (Wildman–Crippen LogP) is 3.82. The molecule has 1 heterocycles. The van der Waals surface area contributed by atoms with Crippen molar-refractivity contribution >= 4 is 23.3 Å². The van der Waals surface area contributed by atoms with Crippen LogP contribution in [0.5, 0.6) is 0 Å². The van der Waals surface area contributed by atoms with Crippen molar-refractivity contribution in [1.82, 2.24) is 15.3 Å². The molecule has 0 saturated heterocycles. The standard InChI is InChI=1S/C15H14ClF3N4O/c1-9-8-12(15(17,18)19)23-13(21-9)6-7-20-14(24)22-11-5-3-2-4-10(11)16/h2-5,8H,6-7H2,1H3,(H2,20,22,24). The summed E-state index contributed by atoms with van der Waals surface area (Å²) in [5.74, 6) is 0.0142. The number of hydrogen-bond acceptors (Lipinski definition) is 3. The van der Waals surface area contributed by atoms with Crippen molar-refractivity contribution in [3.8, 4) is 0 Å². The first-order chi connectivity index (χ1) is 11.3. The van der Waals surface area contributed by atoms with Gasteiger partial charge in [0.15, 0.2) is 0 Å². The number of carbonyl (C=O) groups is 1. The summed E-state index contributed by atoms with van der Waals surface area (Å²) in [4.78, 5) is 19.2. The molecule has 0 atom stereocenters. The van der Waals surface area contributed by atoms with E-state index in [-0.39, 0.29) is 24.5 Å². The Morgan fingerprint density at radius 3 is 2.62 bits per heavy atom. The van der Waals surface area contributed by atoms with Crippen LogP contribution in [0.25, 0.3) is 0 Å². The van der Waals surface area contributed by atoms with Crippen LogP contribution >= 0.6 is 11.6 Å². The van der Waals surface area contributed by atoms with Crippen LogP contribution in [0, 0.1) is 6.92 Å². The third-order valence-corrected chi connectivity index (χ3v) is 3.28. The molecule has 0 unspecified atom stereocenters. The maximum absolute atomic E-state index is 12.7. The molecular formula is C15H14ClF3N4O. The molecule has 0 spiro atoms. The number of hydrogen-bond donors (Lipinski definition) is 2. The molecule has 1 aromatic heterocycles. The molecule has 0 bridgehead atoms.